The molecule has 1 amide bonds. The van der Waals surface area contributed by atoms with Crippen molar-refractivity contribution in [2.75, 3.05) is 6.54 Å². The molecule has 0 bridgehead atoms. The lowest BCUT2D eigenvalue weighted by Crippen LogP contribution is -2.44. The molecule has 0 unspecified atom stereocenters. The van der Waals surface area contributed by atoms with Crippen molar-refractivity contribution in [3.8, 4) is 0 Å². The first-order valence-electron chi connectivity index (χ1n) is 4.84. The zero-order valence-electron chi connectivity index (χ0n) is 7.99. The molecule has 0 aromatic rings. The second-order valence-corrected chi connectivity index (χ2v) is 3.75. The second-order valence-electron chi connectivity index (χ2n) is 3.75. The van der Waals surface area contributed by atoms with Gasteiger partial charge in [-0.3, -0.25) is 4.79 Å². The SMILES string of the molecule is CC[C@H](N)C(=O)NCC1CC(O)C1. The van der Waals surface area contributed by atoms with E-state index in [4.69, 9.17) is 10.8 Å². The molecule has 1 rings (SSSR count). The van der Waals surface area contributed by atoms with Gasteiger partial charge in [0, 0.05) is 6.54 Å². The van der Waals surface area contributed by atoms with E-state index in [0.717, 1.165) is 12.8 Å². The third kappa shape index (κ3) is 2.97. The number of nitrogens with two attached hydrogens (primary N) is 1. The third-order valence-corrected chi connectivity index (χ3v) is 2.55. The number of nitrogens with one attached hydrogen (secondary N) is 1. The largest absolute Gasteiger partial charge is 0.393 e. The van der Waals surface area contributed by atoms with Gasteiger partial charge in [0.25, 0.3) is 0 Å². The van der Waals surface area contributed by atoms with E-state index in [0.29, 0.717) is 18.9 Å². The normalized spacial score (nSPS) is 29.2. The van der Waals surface area contributed by atoms with E-state index in [1.807, 2.05) is 6.92 Å². The average Bonchev–Trinajstić information content (AvgIpc) is 2.08. The van der Waals surface area contributed by atoms with Gasteiger partial charge in [0.1, 0.15) is 0 Å². The fraction of sp³-hybridized carbons (Fsp3) is 0.889. The molecule has 4 nitrogen and oxygen atoms in total. The van der Waals surface area contributed by atoms with Gasteiger partial charge >= 0.3 is 0 Å². The minimum atomic E-state index is -0.384. The third-order valence-electron chi connectivity index (χ3n) is 2.55. The Bertz CT molecular complexity index is 178. The van der Waals surface area contributed by atoms with Crippen molar-refractivity contribution in [1.82, 2.24) is 5.32 Å². The molecule has 1 fully saturated rings. The molecule has 0 aromatic carbocycles. The molecule has 0 heterocycles. The predicted octanol–water partition coefficient (Wildman–Crippen LogP) is -0.389. The van der Waals surface area contributed by atoms with Gasteiger partial charge in [-0.25, -0.2) is 0 Å². The van der Waals surface area contributed by atoms with Gasteiger partial charge in [0.2, 0.25) is 5.91 Å². The number of carbonyl (C=O) groups excluding carboxylic acids is 1. The lowest BCUT2D eigenvalue weighted by atomic mass is 9.82. The van der Waals surface area contributed by atoms with Gasteiger partial charge in [0.15, 0.2) is 0 Å². The van der Waals surface area contributed by atoms with E-state index in [1.165, 1.54) is 0 Å². The van der Waals surface area contributed by atoms with Crippen LogP contribution in [0.2, 0.25) is 0 Å². The molecule has 0 aliphatic heterocycles. The minimum Gasteiger partial charge on any atom is -0.393 e. The van der Waals surface area contributed by atoms with E-state index in [1.54, 1.807) is 0 Å². The zero-order chi connectivity index (χ0) is 9.84. The molecule has 13 heavy (non-hydrogen) atoms. The summed E-state index contributed by atoms with van der Waals surface area (Å²) < 4.78 is 0. The Morgan fingerprint density at radius 1 is 1.69 bits per heavy atom. The van der Waals surface area contributed by atoms with Crippen molar-refractivity contribution < 1.29 is 9.90 Å². The van der Waals surface area contributed by atoms with Crippen molar-refractivity contribution in [2.45, 2.75) is 38.3 Å². The number of aliphatic hydroxyl groups is 1. The summed E-state index contributed by atoms with van der Waals surface area (Å²) in [6.45, 7) is 2.54. The van der Waals surface area contributed by atoms with Crippen LogP contribution >= 0.6 is 0 Å². The number of hydrogen-bond donors (Lipinski definition) is 3. The Morgan fingerprint density at radius 3 is 2.77 bits per heavy atom. The zero-order valence-corrected chi connectivity index (χ0v) is 7.99. The standard InChI is InChI=1S/C9H18N2O2/c1-2-8(10)9(13)11-5-6-3-7(12)4-6/h6-8,12H,2-5,10H2,1H3,(H,11,13)/t6?,7?,8-/m0/s1. The summed E-state index contributed by atoms with van der Waals surface area (Å²) in [4.78, 5) is 11.2. The highest BCUT2D eigenvalue weighted by molar-refractivity contribution is 5.81. The van der Waals surface area contributed by atoms with E-state index < -0.39 is 0 Å². The Morgan fingerprint density at radius 2 is 2.31 bits per heavy atom. The van der Waals surface area contributed by atoms with Crippen LogP contribution in [-0.4, -0.2) is 29.7 Å². The van der Waals surface area contributed by atoms with Crippen LogP contribution in [0.15, 0.2) is 0 Å². The molecule has 1 aliphatic carbocycles. The molecule has 4 N–H and O–H groups in total. The number of hydrogen-bond acceptors (Lipinski definition) is 3. The van der Waals surface area contributed by atoms with Crippen LogP contribution in [0, 0.1) is 5.92 Å². The van der Waals surface area contributed by atoms with Crippen molar-refractivity contribution in [3.05, 3.63) is 0 Å². The van der Waals surface area contributed by atoms with Gasteiger partial charge in [-0.15, -0.1) is 0 Å². The monoisotopic (exact) mass is 186 g/mol. The van der Waals surface area contributed by atoms with Crippen LogP contribution in [0.3, 0.4) is 0 Å². The highest BCUT2D eigenvalue weighted by Gasteiger charge is 2.27. The van der Waals surface area contributed by atoms with E-state index in [2.05, 4.69) is 5.32 Å². The first-order valence-corrected chi connectivity index (χ1v) is 4.84. The topological polar surface area (TPSA) is 75.4 Å². The molecule has 0 aromatic heterocycles. The molecule has 1 atom stereocenters. The van der Waals surface area contributed by atoms with Crippen LogP contribution in [0.25, 0.3) is 0 Å². The van der Waals surface area contributed by atoms with Crippen molar-refractivity contribution in [3.63, 3.8) is 0 Å². The first-order chi connectivity index (χ1) is 6.13. The van der Waals surface area contributed by atoms with Gasteiger partial charge in [-0.05, 0) is 25.2 Å². The minimum absolute atomic E-state index is 0.0797. The smallest absolute Gasteiger partial charge is 0.236 e. The number of aliphatic hydroxyl groups excluding tert-OH is 1. The number of carbonyl (C=O) groups is 1. The van der Waals surface area contributed by atoms with Gasteiger partial charge in [-0.2, -0.15) is 0 Å². The van der Waals surface area contributed by atoms with Gasteiger partial charge in [-0.1, -0.05) is 6.92 Å². The summed E-state index contributed by atoms with van der Waals surface area (Å²) in [5.74, 6) is 0.367. The molecule has 76 valence electrons. The van der Waals surface area contributed by atoms with Crippen LogP contribution in [0.5, 0.6) is 0 Å². The molecule has 1 saturated carbocycles. The second kappa shape index (κ2) is 4.58. The Kier molecular flexibility index (Phi) is 3.69. The van der Waals surface area contributed by atoms with E-state index in [9.17, 15) is 4.79 Å². The van der Waals surface area contributed by atoms with E-state index in [-0.39, 0.29) is 18.1 Å². The van der Waals surface area contributed by atoms with Crippen LogP contribution in [-0.2, 0) is 4.79 Å². The van der Waals surface area contributed by atoms with Gasteiger partial charge < -0.3 is 16.2 Å². The molecule has 4 heteroatoms. The molecule has 0 radical (unpaired) electrons. The fourth-order valence-electron chi connectivity index (χ4n) is 1.43. The highest BCUT2D eigenvalue weighted by Crippen LogP contribution is 2.25. The Balaban J connectivity index is 2.09. The summed E-state index contributed by atoms with van der Waals surface area (Å²) in [5, 5.41) is 11.8. The van der Waals surface area contributed by atoms with Crippen LogP contribution < -0.4 is 11.1 Å². The van der Waals surface area contributed by atoms with Crippen LogP contribution in [0.4, 0.5) is 0 Å². The van der Waals surface area contributed by atoms with Crippen molar-refractivity contribution in [2.24, 2.45) is 11.7 Å². The maximum atomic E-state index is 11.2. The van der Waals surface area contributed by atoms with Gasteiger partial charge in [0.05, 0.1) is 12.1 Å². The maximum Gasteiger partial charge on any atom is 0.236 e. The summed E-state index contributed by atoms with van der Waals surface area (Å²) in [5.41, 5.74) is 5.53. The predicted molar refractivity (Wildman–Crippen MR) is 50.0 cm³/mol. The summed E-state index contributed by atoms with van der Waals surface area (Å²) in [7, 11) is 0. The lowest BCUT2D eigenvalue weighted by Gasteiger charge is -2.31. The quantitative estimate of drug-likeness (QED) is 0.559. The molecule has 0 saturated heterocycles. The summed E-state index contributed by atoms with van der Waals surface area (Å²) in [6, 6.07) is -0.384. The lowest BCUT2D eigenvalue weighted by molar-refractivity contribution is -0.123. The van der Waals surface area contributed by atoms with E-state index >= 15 is 0 Å². The average molecular weight is 186 g/mol. The summed E-state index contributed by atoms with van der Waals surface area (Å²) >= 11 is 0. The van der Waals surface area contributed by atoms with Crippen molar-refractivity contribution >= 4 is 5.91 Å². The highest BCUT2D eigenvalue weighted by atomic mass is 16.3. The Hall–Kier alpha value is -0.610. The molecule has 0 spiro atoms. The Labute approximate surface area is 78.5 Å². The number of rotatable bonds is 4. The maximum absolute atomic E-state index is 11.2. The van der Waals surface area contributed by atoms with Crippen LogP contribution in [0.1, 0.15) is 26.2 Å². The number of amides is 1. The first kappa shape index (κ1) is 10.5. The molecular weight excluding hydrogens is 168 g/mol. The fourth-order valence-corrected chi connectivity index (χ4v) is 1.43. The van der Waals surface area contributed by atoms with Crippen molar-refractivity contribution in [1.29, 1.82) is 0 Å². The molecule has 1 aliphatic rings. The summed E-state index contributed by atoms with van der Waals surface area (Å²) in [6.07, 6.45) is 2.13. The molecular formula is C9H18N2O2.